The van der Waals surface area contributed by atoms with Gasteiger partial charge >= 0.3 is 0 Å². The summed E-state index contributed by atoms with van der Waals surface area (Å²) in [6, 6.07) is 3.69. The van der Waals surface area contributed by atoms with Crippen LogP contribution in [0.25, 0.3) is 5.82 Å². The molecule has 3 rings (SSSR count). The van der Waals surface area contributed by atoms with E-state index in [1.54, 1.807) is 41.6 Å². The molecule has 0 aromatic carbocycles. The van der Waals surface area contributed by atoms with E-state index in [2.05, 4.69) is 27.5 Å². The molecule has 6 heteroatoms. The van der Waals surface area contributed by atoms with E-state index in [4.69, 9.17) is 0 Å². The van der Waals surface area contributed by atoms with Crippen molar-refractivity contribution in [3.8, 4) is 5.82 Å². The van der Waals surface area contributed by atoms with Crippen molar-refractivity contribution in [2.45, 2.75) is 19.4 Å². The van der Waals surface area contributed by atoms with E-state index < -0.39 is 0 Å². The zero-order valence-corrected chi connectivity index (χ0v) is 12.0. The fraction of sp³-hybridized carbons (Fsp3) is 0.400. The third-order valence-corrected chi connectivity index (χ3v) is 3.92. The largest absolute Gasteiger partial charge is 0.348 e. The first-order valence-corrected chi connectivity index (χ1v) is 7.20. The maximum atomic E-state index is 12.4. The van der Waals surface area contributed by atoms with Crippen molar-refractivity contribution in [3.05, 3.63) is 42.6 Å². The van der Waals surface area contributed by atoms with Crippen LogP contribution in [0.3, 0.4) is 0 Å². The van der Waals surface area contributed by atoms with Crippen LogP contribution >= 0.6 is 0 Å². The molecule has 1 aliphatic heterocycles. The van der Waals surface area contributed by atoms with E-state index >= 15 is 0 Å². The molecule has 1 fully saturated rings. The average molecular weight is 285 g/mol. The summed E-state index contributed by atoms with van der Waals surface area (Å²) in [5.41, 5.74) is 0.617. The zero-order chi connectivity index (χ0) is 14.7. The number of aromatic nitrogens is 3. The van der Waals surface area contributed by atoms with E-state index in [0.29, 0.717) is 17.3 Å². The van der Waals surface area contributed by atoms with Gasteiger partial charge in [-0.25, -0.2) is 9.97 Å². The van der Waals surface area contributed by atoms with Crippen molar-refractivity contribution in [1.82, 2.24) is 25.2 Å². The molecule has 0 bridgehead atoms. The van der Waals surface area contributed by atoms with Crippen molar-refractivity contribution in [1.29, 1.82) is 0 Å². The number of piperidine rings is 1. The van der Waals surface area contributed by atoms with Crippen LogP contribution in [-0.4, -0.2) is 39.6 Å². The average Bonchev–Trinajstić information content (AvgIpc) is 3.04. The number of imidazole rings is 1. The number of rotatable bonds is 3. The number of hydrogen-bond acceptors (Lipinski definition) is 4. The number of pyridine rings is 1. The normalized spacial score (nSPS) is 22.0. The van der Waals surface area contributed by atoms with Crippen LogP contribution in [0.2, 0.25) is 0 Å². The van der Waals surface area contributed by atoms with Gasteiger partial charge < -0.3 is 10.6 Å². The molecule has 21 heavy (non-hydrogen) atoms. The Bertz CT molecular complexity index is 610. The van der Waals surface area contributed by atoms with Gasteiger partial charge in [-0.3, -0.25) is 9.36 Å². The smallest absolute Gasteiger partial charge is 0.251 e. The molecule has 2 atom stereocenters. The molecule has 110 valence electrons. The summed E-state index contributed by atoms with van der Waals surface area (Å²) in [6.07, 6.45) is 7.88. The van der Waals surface area contributed by atoms with Gasteiger partial charge in [0, 0.05) is 36.7 Å². The Labute approximate surface area is 123 Å². The Morgan fingerprint density at radius 3 is 3.14 bits per heavy atom. The second-order valence-electron chi connectivity index (χ2n) is 5.42. The molecular weight excluding hydrogens is 266 g/mol. The number of hydrogen-bond donors (Lipinski definition) is 2. The van der Waals surface area contributed by atoms with Crippen molar-refractivity contribution >= 4 is 5.91 Å². The van der Waals surface area contributed by atoms with E-state index in [1.165, 1.54) is 0 Å². The second-order valence-corrected chi connectivity index (χ2v) is 5.42. The summed E-state index contributed by atoms with van der Waals surface area (Å²) < 4.78 is 1.78. The number of amides is 1. The maximum Gasteiger partial charge on any atom is 0.251 e. The predicted octanol–water partition coefficient (Wildman–Crippen LogP) is 0.995. The van der Waals surface area contributed by atoms with Crippen LogP contribution in [0.5, 0.6) is 0 Å². The van der Waals surface area contributed by atoms with E-state index in [1.807, 2.05) is 0 Å². The molecule has 0 radical (unpaired) electrons. The van der Waals surface area contributed by atoms with Crippen molar-refractivity contribution in [2.75, 3.05) is 13.1 Å². The fourth-order valence-electron chi connectivity index (χ4n) is 2.53. The molecule has 3 heterocycles. The maximum absolute atomic E-state index is 12.4. The number of nitrogens with zero attached hydrogens (tertiary/aromatic N) is 3. The van der Waals surface area contributed by atoms with Gasteiger partial charge in [0.1, 0.15) is 12.1 Å². The first kappa shape index (κ1) is 13.8. The lowest BCUT2D eigenvalue weighted by Gasteiger charge is -2.30. The first-order valence-electron chi connectivity index (χ1n) is 7.20. The van der Waals surface area contributed by atoms with Crippen molar-refractivity contribution in [3.63, 3.8) is 0 Å². The molecule has 0 saturated carbocycles. The SMILES string of the molecule is CC1CCNCC1NC(=O)c1ccnc(-n2ccnc2)c1. The van der Waals surface area contributed by atoms with Gasteiger partial charge in [-0.15, -0.1) is 0 Å². The minimum absolute atomic E-state index is 0.0562. The van der Waals surface area contributed by atoms with Crippen LogP contribution < -0.4 is 10.6 Å². The van der Waals surface area contributed by atoms with E-state index in [-0.39, 0.29) is 11.9 Å². The van der Waals surface area contributed by atoms with Crippen molar-refractivity contribution in [2.24, 2.45) is 5.92 Å². The monoisotopic (exact) mass is 285 g/mol. The van der Waals surface area contributed by atoms with Gasteiger partial charge in [0.05, 0.1) is 0 Å². The molecule has 0 aliphatic carbocycles. The van der Waals surface area contributed by atoms with Crippen LogP contribution in [0.4, 0.5) is 0 Å². The van der Waals surface area contributed by atoms with Gasteiger partial charge in [0.25, 0.3) is 5.91 Å². The first-order chi connectivity index (χ1) is 10.2. The van der Waals surface area contributed by atoms with Crippen LogP contribution in [0.15, 0.2) is 37.1 Å². The molecule has 1 amide bonds. The highest BCUT2D eigenvalue weighted by Crippen LogP contribution is 2.13. The quantitative estimate of drug-likeness (QED) is 0.882. The lowest BCUT2D eigenvalue weighted by Crippen LogP contribution is -2.50. The summed E-state index contributed by atoms with van der Waals surface area (Å²) in [6.45, 7) is 4.02. The third-order valence-electron chi connectivity index (χ3n) is 3.92. The second kappa shape index (κ2) is 6.05. The Morgan fingerprint density at radius 2 is 2.38 bits per heavy atom. The molecule has 2 N–H and O–H groups in total. The Kier molecular flexibility index (Phi) is 3.96. The van der Waals surface area contributed by atoms with Gasteiger partial charge in [0.2, 0.25) is 0 Å². The number of carbonyl (C=O) groups is 1. The Balaban J connectivity index is 1.74. The summed E-state index contributed by atoms with van der Waals surface area (Å²) in [7, 11) is 0. The van der Waals surface area contributed by atoms with Crippen LogP contribution in [-0.2, 0) is 0 Å². The number of nitrogens with one attached hydrogen (secondary N) is 2. The molecule has 1 aliphatic rings. The molecular formula is C15H19N5O. The highest BCUT2D eigenvalue weighted by molar-refractivity contribution is 5.94. The predicted molar refractivity (Wildman–Crippen MR) is 79.3 cm³/mol. The highest BCUT2D eigenvalue weighted by Gasteiger charge is 2.23. The minimum atomic E-state index is -0.0562. The molecule has 0 spiro atoms. The zero-order valence-electron chi connectivity index (χ0n) is 12.0. The molecule has 2 unspecified atom stereocenters. The van der Waals surface area contributed by atoms with Gasteiger partial charge in [-0.05, 0) is 31.0 Å². The molecule has 1 saturated heterocycles. The van der Waals surface area contributed by atoms with Gasteiger partial charge in [-0.1, -0.05) is 6.92 Å². The van der Waals surface area contributed by atoms with E-state index in [0.717, 1.165) is 19.5 Å². The third kappa shape index (κ3) is 3.11. The summed E-state index contributed by atoms with van der Waals surface area (Å²) in [5.74, 6) is 1.12. The molecule has 6 nitrogen and oxygen atoms in total. The van der Waals surface area contributed by atoms with Gasteiger partial charge in [0.15, 0.2) is 0 Å². The van der Waals surface area contributed by atoms with E-state index in [9.17, 15) is 4.79 Å². The van der Waals surface area contributed by atoms with Crippen molar-refractivity contribution < 1.29 is 4.79 Å². The summed E-state index contributed by atoms with van der Waals surface area (Å²) in [5, 5.41) is 6.42. The van der Waals surface area contributed by atoms with Crippen LogP contribution in [0, 0.1) is 5.92 Å². The molecule has 2 aromatic rings. The lowest BCUT2D eigenvalue weighted by atomic mass is 9.94. The minimum Gasteiger partial charge on any atom is -0.348 e. The Morgan fingerprint density at radius 1 is 1.48 bits per heavy atom. The number of carbonyl (C=O) groups excluding carboxylic acids is 1. The standard InChI is InChI=1S/C15H19N5O/c1-11-2-4-16-9-13(11)19-15(21)12-3-5-18-14(8-12)20-7-6-17-10-20/h3,5-8,10-11,13,16H,2,4,9H2,1H3,(H,19,21). The Hall–Kier alpha value is -2.21. The van der Waals surface area contributed by atoms with Gasteiger partial charge in [-0.2, -0.15) is 0 Å². The topological polar surface area (TPSA) is 71.8 Å². The lowest BCUT2D eigenvalue weighted by molar-refractivity contribution is 0.0915. The summed E-state index contributed by atoms with van der Waals surface area (Å²) >= 11 is 0. The highest BCUT2D eigenvalue weighted by atomic mass is 16.1. The fourth-order valence-corrected chi connectivity index (χ4v) is 2.53. The molecule has 2 aromatic heterocycles. The van der Waals surface area contributed by atoms with Crippen LogP contribution in [0.1, 0.15) is 23.7 Å². The summed E-state index contributed by atoms with van der Waals surface area (Å²) in [4.78, 5) is 20.6.